The molecule has 7 nitrogen and oxygen atoms in total. The third kappa shape index (κ3) is 4.91. The summed E-state index contributed by atoms with van der Waals surface area (Å²) in [6, 6.07) is 6.80. The second kappa shape index (κ2) is 8.07. The van der Waals surface area contributed by atoms with Crippen molar-refractivity contribution in [2.24, 2.45) is 5.92 Å². The van der Waals surface area contributed by atoms with Gasteiger partial charge in [-0.25, -0.2) is 9.67 Å². The zero-order valence-electron chi connectivity index (χ0n) is 13.1. The number of carbonyl (C=O) groups is 2. The number of aromatic nitrogens is 3. The third-order valence-electron chi connectivity index (χ3n) is 3.34. The van der Waals surface area contributed by atoms with Gasteiger partial charge in [-0.15, -0.1) is 0 Å². The van der Waals surface area contributed by atoms with Gasteiger partial charge in [-0.2, -0.15) is 5.10 Å². The highest BCUT2D eigenvalue weighted by molar-refractivity contribution is 5.98. The van der Waals surface area contributed by atoms with Crippen LogP contribution in [0.3, 0.4) is 0 Å². The second-order valence-electron chi connectivity index (χ2n) is 5.08. The molecule has 1 aromatic carbocycles. The maximum absolute atomic E-state index is 12.1. The quantitative estimate of drug-likeness (QED) is 0.545. The van der Waals surface area contributed by atoms with E-state index >= 15 is 0 Å². The van der Waals surface area contributed by atoms with Crippen LogP contribution in [0.5, 0.6) is 5.75 Å². The summed E-state index contributed by atoms with van der Waals surface area (Å²) in [5, 5.41) is 3.91. The first-order valence-corrected chi connectivity index (χ1v) is 7.26. The maximum atomic E-state index is 12.1. The Morgan fingerprint density at radius 3 is 2.61 bits per heavy atom. The monoisotopic (exact) mass is 317 g/mol. The predicted molar refractivity (Wildman–Crippen MR) is 82.1 cm³/mol. The first-order chi connectivity index (χ1) is 11.1. The SMILES string of the molecule is COc1ccc(C(=O)C[C@@H](C)C(=O)OCCn2cncn2)cc1. The topological polar surface area (TPSA) is 83.3 Å². The Balaban J connectivity index is 1.78. The molecule has 0 aliphatic heterocycles. The molecular weight excluding hydrogens is 298 g/mol. The summed E-state index contributed by atoms with van der Waals surface area (Å²) in [4.78, 5) is 27.8. The molecule has 7 heteroatoms. The van der Waals surface area contributed by atoms with Crippen LogP contribution in [0.15, 0.2) is 36.9 Å². The minimum absolute atomic E-state index is 0.103. The molecular formula is C16H19N3O4. The summed E-state index contributed by atoms with van der Waals surface area (Å²) in [5.74, 6) is -0.317. The van der Waals surface area contributed by atoms with Gasteiger partial charge in [0.25, 0.3) is 0 Å². The summed E-state index contributed by atoms with van der Waals surface area (Å²) < 4.78 is 11.8. The number of esters is 1. The lowest BCUT2D eigenvalue weighted by Crippen LogP contribution is -2.20. The van der Waals surface area contributed by atoms with E-state index in [2.05, 4.69) is 10.1 Å². The number of benzene rings is 1. The Hall–Kier alpha value is -2.70. The molecule has 0 saturated heterocycles. The highest BCUT2D eigenvalue weighted by Crippen LogP contribution is 2.15. The number of ether oxygens (including phenoxy) is 2. The molecule has 2 aromatic rings. The largest absolute Gasteiger partial charge is 0.497 e. The van der Waals surface area contributed by atoms with Crippen LogP contribution < -0.4 is 4.74 Å². The van der Waals surface area contributed by atoms with Crippen LogP contribution in [0.4, 0.5) is 0 Å². The summed E-state index contributed by atoms with van der Waals surface area (Å²) in [6.07, 6.45) is 3.07. The average Bonchev–Trinajstić information content (AvgIpc) is 3.08. The molecule has 2 rings (SSSR count). The molecule has 1 atom stereocenters. The Bertz CT molecular complexity index is 638. The molecule has 0 aliphatic carbocycles. The maximum Gasteiger partial charge on any atom is 0.309 e. The van der Waals surface area contributed by atoms with Gasteiger partial charge in [-0.05, 0) is 24.3 Å². The molecule has 23 heavy (non-hydrogen) atoms. The van der Waals surface area contributed by atoms with Crippen LogP contribution in [-0.2, 0) is 16.1 Å². The third-order valence-corrected chi connectivity index (χ3v) is 3.34. The molecule has 0 radical (unpaired) electrons. The molecule has 0 spiro atoms. The lowest BCUT2D eigenvalue weighted by atomic mass is 10.00. The first kappa shape index (κ1) is 16.7. The predicted octanol–water partition coefficient (Wildman–Crippen LogP) is 1.74. The fourth-order valence-corrected chi connectivity index (χ4v) is 1.99. The zero-order valence-corrected chi connectivity index (χ0v) is 13.1. The van der Waals surface area contributed by atoms with Gasteiger partial charge in [0.1, 0.15) is 25.0 Å². The molecule has 0 N–H and O–H groups in total. The van der Waals surface area contributed by atoms with E-state index in [4.69, 9.17) is 9.47 Å². The van der Waals surface area contributed by atoms with Crippen molar-refractivity contribution in [3.8, 4) is 5.75 Å². The van der Waals surface area contributed by atoms with E-state index in [1.54, 1.807) is 49.3 Å². The molecule has 0 aliphatic rings. The second-order valence-corrected chi connectivity index (χ2v) is 5.08. The van der Waals surface area contributed by atoms with E-state index in [1.807, 2.05) is 0 Å². The molecule has 122 valence electrons. The van der Waals surface area contributed by atoms with E-state index in [1.165, 1.54) is 6.33 Å². The van der Waals surface area contributed by atoms with Gasteiger partial charge >= 0.3 is 5.97 Å². The number of Topliss-reactive ketones (excluding diaryl/α,β-unsaturated/α-hetero) is 1. The van der Waals surface area contributed by atoms with Crippen molar-refractivity contribution in [2.75, 3.05) is 13.7 Å². The number of methoxy groups -OCH3 is 1. The number of carbonyl (C=O) groups excluding carboxylic acids is 2. The zero-order chi connectivity index (χ0) is 16.7. The van der Waals surface area contributed by atoms with E-state index in [-0.39, 0.29) is 18.8 Å². The molecule has 1 aromatic heterocycles. The van der Waals surface area contributed by atoms with Crippen LogP contribution >= 0.6 is 0 Å². The summed E-state index contributed by atoms with van der Waals surface area (Å²) >= 11 is 0. The van der Waals surface area contributed by atoms with Crippen molar-refractivity contribution in [3.05, 3.63) is 42.5 Å². The van der Waals surface area contributed by atoms with Crippen LogP contribution in [0.2, 0.25) is 0 Å². The molecule has 0 saturated carbocycles. The summed E-state index contributed by atoms with van der Waals surface area (Å²) in [6.45, 7) is 2.31. The number of hydrogen-bond donors (Lipinski definition) is 0. The number of nitrogens with zero attached hydrogens (tertiary/aromatic N) is 3. The van der Waals surface area contributed by atoms with E-state index in [0.717, 1.165) is 0 Å². The van der Waals surface area contributed by atoms with Crippen molar-refractivity contribution in [2.45, 2.75) is 19.9 Å². The van der Waals surface area contributed by atoms with Crippen LogP contribution in [0.1, 0.15) is 23.7 Å². The van der Waals surface area contributed by atoms with E-state index in [0.29, 0.717) is 17.9 Å². The van der Waals surface area contributed by atoms with Crippen molar-refractivity contribution in [1.82, 2.24) is 14.8 Å². The summed E-state index contributed by atoms with van der Waals surface area (Å²) in [7, 11) is 1.56. The van der Waals surface area contributed by atoms with E-state index in [9.17, 15) is 9.59 Å². The van der Waals surface area contributed by atoms with E-state index < -0.39 is 11.9 Å². The van der Waals surface area contributed by atoms with Gasteiger partial charge in [0, 0.05) is 12.0 Å². The van der Waals surface area contributed by atoms with Gasteiger partial charge in [-0.1, -0.05) is 6.92 Å². The van der Waals surface area contributed by atoms with Gasteiger partial charge in [-0.3, -0.25) is 9.59 Å². The lowest BCUT2D eigenvalue weighted by molar-refractivity contribution is -0.148. The van der Waals surface area contributed by atoms with Crippen molar-refractivity contribution >= 4 is 11.8 Å². The first-order valence-electron chi connectivity index (χ1n) is 7.26. The number of ketones is 1. The minimum Gasteiger partial charge on any atom is -0.497 e. The minimum atomic E-state index is -0.500. The smallest absolute Gasteiger partial charge is 0.309 e. The number of rotatable bonds is 8. The average molecular weight is 317 g/mol. The van der Waals surface area contributed by atoms with Gasteiger partial charge in [0.2, 0.25) is 0 Å². The normalized spacial score (nSPS) is 11.7. The van der Waals surface area contributed by atoms with Crippen molar-refractivity contribution in [1.29, 1.82) is 0 Å². The van der Waals surface area contributed by atoms with Crippen molar-refractivity contribution in [3.63, 3.8) is 0 Å². The highest BCUT2D eigenvalue weighted by atomic mass is 16.5. The Morgan fingerprint density at radius 2 is 2.00 bits per heavy atom. The van der Waals surface area contributed by atoms with Gasteiger partial charge in [0.15, 0.2) is 5.78 Å². The summed E-state index contributed by atoms with van der Waals surface area (Å²) in [5.41, 5.74) is 0.549. The van der Waals surface area contributed by atoms with Crippen molar-refractivity contribution < 1.29 is 19.1 Å². The Labute approximate surface area is 134 Å². The molecule has 0 amide bonds. The Morgan fingerprint density at radius 1 is 1.26 bits per heavy atom. The highest BCUT2D eigenvalue weighted by Gasteiger charge is 2.19. The fourth-order valence-electron chi connectivity index (χ4n) is 1.99. The molecule has 0 fully saturated rings. The standard InChI is InChI=1S/C16H19N3O4/c1-12(16(21)23-8-7-19-11-17-10-18-19)9-15(20)13-3-5-14(22-2)6-4-13/h3-6,10-12H,7-9H2,1-2H3/t12-/m1/s1. The van der Waals surface area contributed by atoms with Crippen LogP contribution in [0.25, 0.3) is 0 Å². The lowest BCUT2D eigenvalue weighted by Gasteiger charge is -2.11. The van der Waals surface area contributed by atoms with Crippen LogP contribution in [-0.4, -0.2) is 40.2 Å². The molecule has 0 unspecified atom stereocenters. The number of hydrogen-bond acceptors (Lipinski definition) is 6. The van der Waals surface area contributed by atoms with Crippen LogP contribution in [0, 0.1) is 5.92 Å². The Kier molecular flexibility index (Phi) is 5.85. The molecule has 0 bridgehead atoms. The van der Waals surface area contributed by atoms with Gasteiger partial charge < -0.3 is 9.47 Å². The van der Waals surface area contributed by atoms with Gasteiger partial charge in [0.05, 0.1) is 19.6 Å². The fraction of sp³-hybridized carbons (Fsp3) is 0.375. The molecule has 1 heterocycles.